The SMILES string of the molecule is CN(Cc1cccc(C(=O)NN)c1)c1ccc(C#N)cc1. The van der Waals surface area contributed by atoms with E-state index < -0.39 is 0 Å². The second-order valence-electron chi connectivity index (χ2n) is 4.69. The van der Waals surface area contributed by atoms with Crippen molar-refractivity contribution in [3.8, 4) is 6.07 Å². The van der Waals surface area contributed by atoms with E-state index in [9.17, 15) is 4.79 Å². The van der Waals surface area contributed by atoms with Crippen molar-refractivity contribution >= 4 is 11.6 Å². The summed E-state index contributed by atoms with van der Waals surface area (Å²) in [5, 5.41) is 8.80. The highest BCUT2D eigenvalue weighted by Crippen LogP contribution is 2.17. The van der Waals surface area contributed by atoms with Gasteiger partial charge < -0.3 is 4.90 Å². The van der Waals surface area contributed by atoms with Crippen molar-refractivity contribution in [2.75, 3.05) is 11.9 Å². The molecule has 2 rings (SSSR count). The number of hydrazine groups is 1. The average Bonchev–Trinajstić information content (AvgIpc) is 2.54. The Morgan fingerprint density at radius 3 is 2.62 bits per heavy atom. The highest BCUT2D eigenvalue weighted by atomic mass is 16.2. The molecule has 0 fully saturated rings. The molecular formula is C16H16N4O. The third-order valence-corrected chi connectivity index (χ3v) is 3.18. The standard InChI is InChI=1S/C16H16N4O/c1-20(15-7-5-12(10-17)6-8-15)11-13-3-2-4-14(9-13)16(21)19-18/h2-9H,11,18H2,1H3,(H,19,21). The first kappa shape index (κ1) is 14.6. The van der Waals surface area contributed by atoms with Crippen molar-refractivity contribution < 1.29 is 4.79 Å². The molecule has 2 aromatic carbocycles. The molecule has 0 heterocycles. The van der Waals surface area contributed by atoms with E-state index in [1.165, 1.54) is 0 Å². The van der Waals surface area contributed by atoms with Crippen LogP contribution in [-0.2, 0) is 6.54 Å². The molecule has 0 bridgehead atoms. The molecule has 106 valence electrons. The molecule has 0 aromatic heterocycles. The van der Waals surface area contributed by atoms with Gasteiger partial charge in [0.2, 0.25) is 0 Å². The fourth-order valence-corrected chi connectivity index (χ4v) is 2.05. The van der Waals surface area contributed by atoms with Gasteiger partial charge in [-0.1, -0.05) is 12.1 Å². The Hall–Kier alpha value is -2.84. The molecule has 0 aliphatic rings. The van der Waals surface area contributed by atoms with Gasteiger partial charge in [-0.15, -0.1) is 0 Å². The number of nitriles is 1. The van der Waals surface area contributed by atoms with Crippen LogP contribution < -0.4 is 16.2 Å². The van der Waals surface area contributed by atoms with Crippen LogP contribution in [0.15, 0.2) is 48.5 Å². The number of carbonyl (C=O) groups excluding carboxylic acids is 1. The zero-order valence-corrected chi connectivity index (χ0v) is 11.7. The number of nitrogen functional groups attached to an aromatic ring is 1. The number of nitrogens with zero attached hydrogens (tertiary/aromatic N) is 2. The van der Waals surface area contributed by atoms with Crippen LogP contribution in [0.4, 0.5) is 5.69 Å². The largest absolute Gasteiger partial charge is 0.370 e. The Balaban J connectivity index is 2.13. The third-order valence-electron chi connectivity index (χ3n) is 3.18. The van der Waals surface area contributed by atoms with Gasteiger partial charge in [0.15, 0.2) is 0 Å². The van der Waals surface area contributed by atoms with Crippen LogP contribution in [0.25, 0.3) is 0 Å². The maximum absolute atomic E-state index is 11.5. The van der Waals surface area contributed by atoms with E-state index in [0.29, 0.717) is 17.7 Å². The van der Waals surface area contributed by atoms with Crippen LogP contribution in [0, 0.1) is 11.3 Å². The molecule has 0 radical (unpaired) electrons. The van der Waals surface area contributed by atoms with Crippen LogP contribution in [0.5, 0.6) is 0 Å². The molecule has 3 N–H and O–H groups in total. The second kappa shape index (κ2) is 6.55. The summed E-state index contributed by atoms with van der Waals surface area (Å²) in [4.78, 5) is 13.6. The Morgan fingerprint density at radius 1 is 1.29 bits per heavy atom. The highest BCUT2D eigenvalue weighted by molar-refractivity contribution is 5.93. The molecule has 0 aliphatic carbocycles. The monoisotopic (exact) mass is 280 g/mol. The molecule has 2 aromatic rings. The van der Waals surface area contributed by atoms with E-state index in [1.807, 2.05) is 42.3 Å². The van der Waals surface area contributed by atoms with Gasteiger partial charge in [0.05, 0.1) is 11.6 Å². The summed E-state index contributed by atoms with van der Waals surface area (Å²) >= 11 is 0. The fourth-order valence-electron chi connectivity index (χ4n) is 2.05. The summed E-state index contributed by atoms with van der Waals surface area (Å²) in [5.41, 5.74) is 5.29. The average molecular weight is 280 g/mol. The molecule has 0 saturated carbocycles. The van der Waals surface area contributed by atoms with Crippen molar-refractivity contribution in [2.45, 2.75) is 6.54 Å². The molecule has 0 unspecified atom stereocenters. The predicted octanol–water partition coefficient (Wildman–Crippen LogP) is 1.80. The Morgan fingerprint density at radius 2 is 2.00 bits per heavy atom. The van der Waals surface area contributed by atoms with E-state index >= 15 is 0 Å². The lowest BCUT2D eigenvalue weighted by atomic mass is 10.1. The fraction of sp³-hybridized carbons (Fsp3) is 0.125. The molecular weight excluding hydrogens is 264 g/mol. The van der Waals surface area contributed by atoms with Crippen molar-refractivity contribution in [3.05, 3.63) is 65.2 Å². The minimum Gasteiger partial charge on any atom is -0.370 e. The number of amides is 1. The van der Waals surface area contributed by atoms with Gasteiger partial charge in [0.25, 0.3) is 5.91 Å². The lowest BCUT2D eigenvalue weighted by Gasteiger charge is -2.19. The quantitative estimate of drug-likeness (QED) is 0.508. The zero-order chi connectivity index (χ0) is 15.2. The van der Waals surface area contributed by atoms with Crippen molar-refractivity contribution in [1.82, 2.24) is 5.43 Å². The minimum absolute atomic E-state index is 0.308. The maximum atomic E-state index is 11.5. The summed E-state index contributed by atoms with van der Waals surface area (Å²) < 4.78 is 0. The molecule has 0 spiro atoms. The van der Waals surface area contributed by atoms with Crippen LogP contribution >= 0.6 is 0 Å². The topological polar surface area (TPSA) is 82.2 Å². The van der Waals surface area contributed by atoms with Crippen LogP contribution in [-0.4, -0.2) is 13.0 Å². The van der Waals surface area contributed by atoms with Gasteiger partial charge in [-0.05, 0) is 42.0 Å². The van der Waals surface area contributed by atoms with Gasteiger partial charge in [0, 0.05) is 24.8 Å². The predicted molar refractivity (Wildman–Crippen MR) is 81.4 cm³/mol. The lowest BCUT2D eigenvalue weighted by molar-refractivity contribution is 0.0953. The number of carbonyl (C=O) groups is 1. The molecule has 1 amide bonds. The minimum atomic E-state index is -0.308. The number of benzene rings is 2. The summed E-state index contributed by atoms with van der Waals surface area (Å²) in [6.45, 7) is 0.650. The second-order valence-corrected chi connectivity index (χ2v) is 4.69. The normalized spacial score (nSPS) is 9.76. The van der Waals surface area contributed by atoms with Crippen molar-refractivity contribution in [2.24, 2.45) is 5.84 Å². The number of anilines is 1. The molecule has 5 nitrogen and oxygen atoms in total. The molecule has 21 heavy (non-hydrogen) atoms. The smallest absolute Gasteiger partial charge is 0.265 e. The number of nitrogens with one attached hydrogen (secondary N) is 1. The lowest BCUT2D eigenvalue weighted by Crippen LogP contribution is -2.30. The molecule has 0 saturated heterocycles. The number of hydrogen-bond donors (Lipinski definition) is 2. The zero-order valence-electron chi connectivity index (χ0n) is 11.7. The van der Waals surface area contributed by atoms with Gasteiger partial charge in [-0.3, -0.25) is 10.2 Å². The number of hydrogen-bond acceptors (Lipinski definition) is 4. The third kappa shape index (κ3) is 3.59. The Bertz CT molecular complexity index is 673. The molecule has 5 heteroatoms. The van der Waals surface area contributed by atoms with Crippen molar-refractivity contribution in [1.29, 1.82) is 5.26 Å². The van der Waals surface area contributed by atoms with E-state index in [-0.39, 0.29) is 5.91 Å². The summed E-state index contributed by atoms with van der Waals surface area (Å²) in [5.74, 6) is 4.83. The van der Waals surface area contributed by atoms with E-state index in [1.54, 1.807) is 18.2 Å². The summed E-state index contributed by atoms with van der Waals surface area (Å²) in [6.07, 6.45) is 0. The van der Waals surface area contributed by atoms with Crippen LogP contribution in [0.2, 0.25) is 0 Å². The summed E-state index contributed by atoms with van der Waals surface area (Å²) in [6, 6.07) is 16.8. The van der Waals surface area contributed by atoms with Gasteiger partial charge in [-0.25, -0.2) is 5.84 Å². The molecule has 0 atom stereocenters. The van der Waals surface area contributed by atoms with Gasteiger partial charge >= 0.3 is 0 Å². The van der Waals surface area contributed by atoms with Crippen LogP contribution in [0.1, 0.15) is 21.5 Å². The van der Waals surface area contributed by atoms with Crippen molar-refractivity contribution in [3.63, 3.8) is 0 Å². The maximum Gasteiger partial charge on any atom is 0.265 e. The van der Waals surface area contributed by atoms with E-state index in [4.69, 9.17) is 11.1 Å². The first-order valence-corrected chi connectivity index (χ1v) is 6.45. The Kier molecular flexibility index (Phi) is 4.54. The molecule has 0 aliphatic heterocycles. The number of rotatable bonds is 4. The number of nitrogens with two attached hydrogens (primary N) is 1. The van der Waals surface area contributed by atoms with Gasteiger partial charge in [0.1, 0.15) is 0 Å². The van der Waals surface area contributed by atoms with Crippen LogP contribution in [0.3, 0.4) is 0 Å². The first-order valence-electron chi connectivity index (χ1n) is 6.45. The van der Waals surface area contributed by atoms with E-state index in [0.717, 1.165) is 11.3 Å². The first-order chi connectivity index (χ1) is 10.1. The summed E-state index contributed by atoms with van der Waals surface area (Å²) in [7, 11) is 1.96. The Labute approximate surface area is 123 Å². The van der Waals surface area contributed by atoms with E-state index in [2.05, 4.69) is 11.5 Å². The highest BCUT2D eigenvalue weighted by Gasteiger charge is 2.06. The van der Waals surface area contributed by atoms with Gasteiger partial charge in [-0.2, -0.15) is 5.26 Å².